The molecule has 10 heteroatoms. The molecule has 1 aromatic rings. The van der Waals surface area contributed by atoms with E-state index < -0.39 is 65.5 Å². The molecular weight excluding hydrogens is 448 g/mol. The lowest BCUT2D eigenvalue weighted by Crippen LogP contribution is -2.42. The Morgan fingerprint density at radius 2 is 1.91 bits per heavy atom. The molecule has 0 amide bonds. The van der Waals surface area contributed by atoms with Gasteiger partial charge in [-0.05, 0) is 37.5 Å². The van der Waals surface area contributed by atoms with Crippen molar-refractivity contribution in [1.82, 2.24) is 0 Å². The van der Waals surface area contributed by atoms with E-state index in [1.165, 1.54) is 13.8 Å². The van der Waals surface area contributed by atoms with Crippen molar-refractivity contribution < 1.29 is 47.3 Å². The van der Waals surface area contributed by atoms with Crippen LogP contribution >= 0.6 is 0 Å². The van der Waals surface area contributed by atoms with Gasteiger partial charge in [0.05, 0.1) is 0 Å². The first-order chi connectivity index (χ1) is 16.0. The molecule has 3 fully saturated rings. The van der Waals surface area contributed by atoms with Crippen LogP contribution in [0.1, 0.15) is 62.9 Å². The van der Waals surface area contributed by atoms with Crippen LogP contribution in [0.25, 0.3) is 0 Å². The summed E-state index contributed by atoms with van der Waals surface area (Å²) in [5.41, 5.74) is -1.39. The summed E-state index contributed by atoms with van der Waals surface area (Å²) in [6.45, 7) is 9.97. The molecule has 5 heterocycles. The average Bonchev–Trinajstić information content (AvgIpc) is 3.58. The molecule has 0 saturated carbocycles. The topological polar surface area (TPSA) is 134 Å². The molecule has 0 aromatic carbocycles. The zero-order valence-corrected chi connectivity index (χ0v) is 19.3. The Balaban J connectivity index is 1.65. The number of hydrogen-bond donors (Lipinski definition) is 0. The smallest absolute Gasteiger partial charge is 0.345 e. The Morgan fingerprint density at radius 3 is 2.53 bits per heavy atom. The zero-order valence-electron chi connectivity index (χ0n) is 19.3. The molecule has 10 nitrogen and oxygen atoms in total. The van der Waals surface area contributed by atoms with Gasteiger partial charge in [0.25, 0.3) is 0 Å². The fourth-order valence-electron chi connectivity index (χ4n) is 5.40. The van der Waals surface area contributed by atoms with E-state index >= 15 is 0 Å². The van der Waals surface area contributed by atoms with Gasteiger partial charge >= 0.3 is 17.9 Å². The minimum absolute atomic E-state index is 0.0830. The van der Waals surface area contributed by atoms with Gasteiger partial charge in [-0.1, -0.05) is 6.58 Å². The standard InChI is InChI=1S/C24H26O10/c1-10-6-15-20-23(5,33-20)8-16-21-24(34-21,22(28)32-16)17(29-12(3)26)7-14(11(2)9-25)19(18(10)31-15)30-13(4)27/h6,9,14,16-17,19-21H,2,7-8H2,1,3-5H3/t14-,16-,17-,19-,20+,21-,23+,24-/m1/s1. The molecule has 182 valence electrons. The minimum Gasteiger partial charge on any atom is -0.459 e. The van der Waals surface area contributed by atoms with Gasteiger partial charge in [0, 0.05) is 26.2 Å². The Kier molecular flexibility index (Phi) is 5.04. The van der Waals surface area contributed by atoms with Crippen molar-refractivity contribution in [3.8, 4) is 0 Å². The van der Waals surface area contributed by atoms with Crippen molar-refractivity contribution in [2.75, 3.05) is 0 Å². The normalized spacial score (nSPS) is 39.7. The summed E-state index contributed by atoms with van der Waals surface area (Å²) in [6.07, 6.45) is -2.99. The first kappa shape index (κ1) is 22.8. The van der Waals surface area contributed by atoms with Crippen molar-refractivity contribution in [3.63, 3.8) is 0 Å². The van der Waals surface area contributed by atoms with Gasteiger partial charge < -0.3 is 28.1 Å². The Hall–Kier alpha value is -2.98. The molecule has 34 heavy (non-hydrogen) atoms. The number of esters is 3. The van der Waals surface area contributed by atoms with E-state index in [1.807, 2.05) is 6.92 Å². The molecule has 0 radical (unpaired) electrons. The predicted molar refractivity (Wildman–Crippen MR) is 111 cm³/mol. The second-order valence-corrected chi connectivity index (χ2v) is 9.65. The molecule has 0 unspecified atom stereocenters. The summed E-state index contributed by atoms with van der Waals surface area (Å²) >= 11 is 0. The molecule has 0 aliphatic carbocycles. The zero-order chi connectivity index (χ0) is 24.6. The summed E-state index contributed by atoms with van der Waals surface area (Å²) in [5, 5.41) is 0. The van der Waals surface area contributed by atoms with Crippen LogP contribution in [0.3, 0.4) is 0 Å². The molecular formula is C24H26O10. The van der Waals surface area contributed by atoms with E-state index in [4.69, 9.17) is 28.1 Å². The van der Waals surface area contributed by atoms with Crippen molar-refractivity contribution in [2.45, 2.75) is 82.3 Å². The Bertz CT molecular complexity index is 1100. The lowest BCUT2D eigenvalue weighted by Gasteiger charge is -2.30. The van der Waals surface area contributed by atoms with Gasteiger partial charge in [0.15, 0.2) is 6.10 Å². The van der Waals surface area contributed by atoms with Gasteiger partial charge in [0.1, 0.15) is 47.8 Å². The van der Waals surface area contributed by atoms with E-state index in [1.54, 1.807) is 13.0 Å². The van der Waals surface area contributed by atoms with E-state index in [0.717, 1.165) is 0 Å². The number of epoxide rings is 2. The number of ether oxygens (including phenoxy) is 5. The lowest BCUT2D eigenvalue weighted by atomic mass is 9.82. The maximum atomic E-state index is 13.0. The highest BCUT2D eigenvalue weighted by atomic mass is 16.7. The second kappa shape index (κ2) is 7.51. The summed E-state index contributed by atoms with van der Waals surface area (Å²) in [7, 11) is 0. The molecule has 4 aliphatic heterocycles. The first-order valence-electron chi connectivity index (χ1n) is 11.2. The summed E-state index contributed by atoms with van der Waals surface area (Å²) in [4.78, 5) is 48.9. The highest BCUT2D eigenvalue weighted by molar-refractivity contribution is 5.88. The summed E-state index contributed by atoms with van der Waals surface area (Å²) in [5.74, 6) is -1.89. The van der Waals surface area contributed by atoms with E-state index in [-0.39, 0.29) is 12.0 Å². The quantitative estimate of drug-likeness (QED) is 0.210. The Morgan fingerprint density at radius 1 is 1.21 bits per heavy atom. The first-order valence-corrected chi connectivity index (χ1v) is 11.2. The lowest BCUT2D eigenvalue weighted by molar-refractivity contribution is -0.167. The number of fused-ring (bicyclic) bond motifs is 4. The van der Waals surface area contributed by atoms with Gasteiger partial charge in [-0.15, -0.1) is 0 Å². The Labute approximate surface area is 195 Å². The van der Waals surface area contributed by atoms with Crippen LogP contribution in [0.2, 0.25) is 0 Å². The summed E-state index contributed by atoms with van der Waals surface area (Å²) in [6, 6.07) is 1.80. The van der Waals surface area contributed by atoms with Crippen LogP contribution < -0.4 is 0 Å². The van der Waals surface area contributed by atoms with Gasteiger partial charge in [-0.3, -0.25) is 14.4 Å². The maximum absolute atomic E-state index is 13.0. The van der Waals surface area contributed by atoms with Crippen LogP contribution in [0.15, 0.2) is 22.6 Å². The molecule has 1 aromatic heterocycles. The number of carbonyl (C=O) groups excluding carboxylic acids is 4. The van der Waals surface area contributed by atoms with E-state index in [9.17, 15) is 19.2 Å². The van der Waals surface area contributed by atoms with Crippen LogP contribution in [-0.4, -0.2) is 53.7 Å². The minimum atomic E-state index is -1.50. The van der Waals surface area contributed by atoms with Crippen LogP contribution in [-0.2, 0) is 42.9 Å². The third-order valence-electron chi connectivity index (χ3n) is 7.13. The summed E-state index contributed by atoms with van der Waals surface area (Å²) < 4.78 is 34.8. The number of furan rings is 1. The number of aldehydes is 1. The fourth-order valence-corrected chi connectivity index (χ4v) is 5.40. The van der Waals surface area contributed by atoms with Crippen molar-refractivity contribution in [2.24, 2.45) is 5.92 Å². The number of aryl methyl sites for hydroxylation is 1. The molecule has 5 rings (SSSR count). The number of rotatable bonds is 4. The largest absolute Gasteiger partial charge is 0.459 e. The second-order valence-electron chi connectivity index (χ2n) is 9.65. The van der Waals surface area contributed by atoms with E-state index in [0.29, 0.717) is 29.8 Å². The molecule has 0 spiro atoms. The van der Waals surface area contributed by atoms with Crippen LogP contribution in [0.4, 0.5) is 0 Å². The molecule has 0 N–H and O–H groups in total. The van der Waals surface area contributed by atoms with E-state index in [2.05, 4.69) is 6.58 Å². The van der Waals surface area contributed by atoms with Gasteiger partial charge in [0.2, 0.25) is 5.60 Å². The van der Waals surface area contributed by atoms with Gasteiger partial charge in [-0.25, -0.2) is 4.79 Å². The third kappa shape index (κ3) is 3.39. The van der Waals surface area contributed by atoms with Gasteiger partial charge in [-0.2, -0.15) is 0 Å². The van der Waals surface area contributed by atoms with Crippen LogP contribution in [0, 0.1) is 12.8 Å². The monoisotopic (exact) mass is 474 g/mol. The van der Waals surface area contributed by atoms with Crippen molar-refractivity contribution in [1.29, 1.82) is 0 Å². The molecule has 4 aliphatic rings. The van der Waals surface area contributed by atoms with Crippen molar-refractivity contribution in [3.05, 3.63) is 35.3 Å². The van der Waals surface area contributed by atoms with Crippen LogP contribution in [0.5, 0.6) is 0 Å². The number of carbonyl (C=O) groups is 4. The van der Waals surface area contributed by atoms with Crippen molar-refractivity contribution >= 4 is 24.2 Å². The fraction of sp³-hybridized carbons (Fsp3) is 0.583. The maximum Gasteiger partial charge on any atom is 0.345 e. The molecule has 8 atom stereocenters. The molecule has 4 bridgehead atoms. The third-order valence-corrected chi connectivity index (χ3v) is 7.13. The molecule has 3 saturated heterocycles. The highest BCUT2D eigenvalue weighted by Crippen LogP contribution is 2.60. The highest BCUT2D eigenvalue weighted by Gasteiger charge is 2.79. The SMILES string of the molecule is C=C(C=O)[C@H]1C[C@@H](OC(C)=O)[C@@]23O[C@@H]2[C@@H](C[C@]2(C)O[C@H]2c2cc(C)c(o2)[C@@H]1OC(C)=O)OC3=O. The average molecular weight is 474 g/mol. The number of hydrogen-bond acceptors (Lipinski definition) is 10. The predicted octanol–water partition coefficient (Wildman–Crippen LogP) is 2.18.